The van der Waals surface area contributed by atoms with Crippen molar-refractivity contribution in [2.24, 2.45) is 0 Å². The fourth-order valence-electron chi connectivity index (χ4n) is 3.53. The Morgan fingerprint density at radius 2 is 2.00 bits per heavy atom. The molecule has 0 bridgehead atoms. The lowest BCUT2D eigenvalue weighted by Gasteiger charge is -2.26. The van der Waals surface area contributed by atoms with E-state index in [1.165, 1.54) is 6.92 Å². The van der Waals surface area contributed by atoms with E-state index in [1.54, 1.807) is 25.3 Å². The summed E-state index contributed by atoms with van der Waals surface area (Å²) in [6.45, 7) is 2.23. The average molecular weight is 372 g/mol. The van der Waals surface area contributed by atoms with Crippen LogP contribution in [-0.4, -0.2) is 30.2 Å². The highest BCUT2D eigenvalue weighted by molar-refractivity contribution is 6.31. The molecule has 0 saturated carbocycles. The molecule has 1 saturated heterocycles. The summed E-state index contributed by atoms with van der Waals surface area (Å²) in [4.78, 5) is 26.6. The van der Waals surface area contributed by atoms with E-state index in [1.807, 2.05) is 29.2 Å². The molecule has 1 fully saturated rings. The Kier molecular flexibility index (Phi) is 5.62. The van der Waals surface area contributed by atoms with Crippen molar-refractivity contribution in [2.75, 3.05) is 13.7 Å². The second kappa shape index (κ2) is 7.92. The smallest absolute Gasteiger partial charge is 0.227 e. The van der Waals surface area contributed by atoms with Gasteiger partial charge in [0.1, 0.15) is 5.75 Å². The van der Waals surface area contributed by atoms with Gasteiger partial charge in [-0.05, 0) is 49.6 Å². The molecule has 0 radical (unpaired) electrons. The number of hydrogen-bond acceptors (Lipinski definition) is 3. The van der Waals surface area contributed by atoms with E-state index >= 15 is 0 Å². The number of rotatable bonds is 5. The summed E-state index contributed by atoms with van der Waals surface area (Å²) in [6, 6.07) is 12.9. The molecule has 136 valence electrons. The van der Waals surface area contributed by atoms with Crippen molar-refractivity contribution >= 4 is 23.3 Å². The average Bonchev–Trinajstić information content (AvgIpc) is 3.11. The highest BCUT2D eigenvalue weighted by Crippen LogP contribution is 2.36. The third-order valence-electron chi connectivity index (χ3n) is 4.87. The van der Waals surface area contributed by atoms with Gasteiger partial charge in [-0.25, -0.2) is 0 Å². The van der Waals surface area contributed by atoms with Gasteiger partial charge in [-0.15, -0.1) is 0 Å². The lowest BCUT2D eigenvalue weighted by atomic mass is 10.0. The summed E-state index contributed by atoms with van der Waals surface area (Å²) in [5.74, 6) is 0.611. The molecule has 2 aromatic carbocycles. The summed E-state index contributed by atoms with van der Waals surface area (Å²) >= 11 is 6.34. The van der Waals surface area contributed by atoms with Crippen LogP contribution in [0, 0.1) is 0 Å². The van der Waals surface area contributed by atoms with Gasteiger partial charge >= 0.3 is 0 Å². The Hall–Kier alpha value is -2.33. The Balaban J connectivity index is 1.84. The van der Waals surface area contributed by atoms with Crippen molar-refractivity contribution in [3.8, 4) is 5.75 Å². The predicted molar refractivity (Wildman–Crippen MR) is 102 cm³/mol. The summed E-state index contributed by atoms with van der Waals surface area (Å²) < 4.78 is 5.37. The number of halogens is 1. The molecule has 1 heterocycles. The molecule has 1 unspecified atom stereocenters. The maximum atomic E-state index is 13.0. The molecule has 5 heteroatoms. The molecule has 1 aliphatic heterocycles. The van der Waals surface area contributed by atoms with Gasteiger partial charge in [-0.1, -0.05) is 29.8 Å². The number of ether oxygens (including phenoxy) is 1. The molecule has 2 aromatic rings. The van der Waals surface area contributed by atoms with E-state index in [0.29, 0.717) is 22.9 Å². The molecule has 1 aliphatic rings. The highest BCUT2D eigenvalue weighted by Gasteiger charge is 2.31. The number of carbonyl (C=O) groups excluding carboxylic acids is 2. The van der Waals surface area contributed by atoms with E-state index in [2.05, 4.69) is 0 Å². The number of benzene rings is 2. The predicted octanol–water partition coefficient (Wildman–Crippen LogP) is 4.46. The van der Waals surface area contributed by atoms with Gasteiger partial charge in [-0.2, -0.15) is 0 Å². The standard InChI is InChI=1S/C21H22ClNO3/c1-14(24)15-9-10-20(26-2)16(12-15)13-21(25)23-11-5-8-19(23)17-6-3-4-7-18(17)22/h3-4,6-7,9-10,12,19H,5,8,11,13H2,1-2H3. The van der Waals surface area contributed by atoms with Crippen LogP contribution < -0.4 is 4.74 Å². The van der Waals surface area contributed by atoms with Crippen LogP contribution >= 0.6 is 11.6 Å². The largest absolute Gasteiger partial charge is 0.496 e. The normalized spacial score (nSPS) is 16.6. The van der Waals surface area contributed by atoms with E-state index in [4.69, 9.17) is 16.3 Å². The lowest BCUT2D eigenvalue weighted by Crippen LogP contribution is -2.32. The molecule has 1 amide bonds. The topological polar surface area (TPSA) is 46.6 Å². The van der Waals surface area contributed by atoms with Crippen molar-refractivity contribution in [3.63, 3.8) is 0 Å². The quantitative estimate of drug-likeness (QED) is 0.729. The molecular weight excluding hydrogens is 350 g/mol. The zero-order chi connectivity index (χ0) is 18.7. The molecule has 1 atom stereocenters. The van der Waals surface area contributed by atoms with Crippen LogP contribution in [0.4, 0.5) is 0 Å². The number of hydrogen-bond donors (Lipinski definition) is 0. The van der Waals surface area contributed by atoms with Crippen molar-refractivity contribution in [2.45, 2.75) is 32.2 Å². The first kappa shape index (κ1) is 18.5. The summed E-state index contributed by atoms with van der Waals surface area (Å²) in [5.41, 5.74) is 2.30. The lowest BCUT2D eigenvalue weighted by molar-refractivity contribution is -0.131. The van der Waals surface area contributed by atoms with Crippen LogP contribution in [-0.2, 0) is 11.2 Å². The Morgan fingerprint density at radius 3 is 2.69 bits per heavy atom. The number of methoxy groups -OCH3 is 1. The maximum absolute atomic E-state index is 13.0. The van der Waals surface area contributed by atoms with Gasteiger partial charge in [0.25, 0.3) is 0 Å². The Morgan fingerprint density at radius 1 is 1.23 bits per heavy atom. The Bertz CT molecular complexity index is 834. The van der Waals surface area contributed by atoms with Gasteiger partial charge in [0.2, 0.25) is 5.91 Å². The zero-order valence-electron chi connectivity index (χ0n) is 15.0. The summed E-state index contributed by atoms with van der Waals surface area (Å²) in [6.07, 6.45) is 2.05. The van der Waals surface area contributed by atoms with E-state index in [0.717, 1.165) is 24.0 Å². The third-order valence-corrected chi connectivity index (χ3v) is 5.21. The zero-order valence-corrected chi connectivity index (χ0v) is 15.8. The van der Waals surface area contributed by atoms with Crippen molar-refractivity contribution in [3.05, 3.63) is 64.2 Å². The number of Topliss-reactive ketones (excluding diaryl/α,β-unsaturated/α-hetero) is 1. The van der Waals surface area contributed by atoms with Crippen LogP contribution in [0.3, 0.4) is 0 Å². The minimum atomic E-state index is -0.0310. The number of ketones is 1. The molecule has 0 N–H and O–H groups in total. The van der Waals surface area contributed by atoms with Crippen LogP contribution in [0.15, 0.2) is 42.5 Å². The molecule has 0 aliphatic carbocycles. The molecule has 4 nitrogen and oxygen atoms in total. The van der Waals surface area contributed by atoms with Crippen molar-refractivity contribution < 1.29 is 14.3 Å². The second-order valence-corrected chi connectivity index (χ2v) is 6.93. The SMILES string of the molecule is COc1ccc(C(C)=O)cc1CC(=O)N1CCCC1c1ccccc1Cl. The fraction of sp³-hybridized carbons (Fsp3) is 0.333. The van der Waals surface area contributed by atoms with Crippen LogP contribution in [0.5, 0.6) is 5.75 Å². The highest BCUT2D eigenvalue weighted by atomic mass is 35.5. The van der Waals surface area contributed by atoms with Crippen molar-refractivity contribution in [1.82, 2.24) is 4.90 Å². The fourth-order valence-corrected chi connectivity index (χ4v) is 3.80. The molecular formula is C21H22ClNO3. The molecule has 3 rings (SSSR count). The first-order chi connectivity index (χ1) is 12.5. The summed E-state index contributed by atoms with van der Waals surface area (Å²) in [5, 5.41) is 0.688. The second-order valence-electron chi connectivity index (χ2n) is 6.53. The van der Waals surface area contributed by atoms with Crippen LogP contribution in [0.25, 0.3) is 0 Å². The minimum Gasteiger partial charge on any atom is -0.496 e. The molecule has 0 spiro atoms. The van der Waals surface area contributed by atoms with Crippen LogP contribution in [0.2, 0.25) is 5.02 Å². The van der Waals surface area contributed by atoms with Gasteiger partial charge < -0.3 is 9.64 Å². The maximum Gasteiger partial charge on any atom is 0.227 e. The number of amides is 1. The first-order valence-electron chi connectivity index (χ1n) is 8.73. The van der Waals surface area contributed by atoms with Gasteiger partial charge in [-0.3, -0.25) is 9.59 Å². The number of carbonyl (C=O) groups is 2. The van der Waals surface area contributed by atoms with Gasteiger partial charge in [0.15, 0.2) is 5.78 Å². The minimum absolute atomic E-state index is 0.00168. The number of nitrogens with zero attached hydrogens (tertiary/aromatic N) is 1. The summed E-state index contributed by atoms with van der Waals surface area (Å²) in [7, 11) is 1.57. The van der Waals surface area contributed by atoms with Crippen molar-refractivity contribution in [1.29, 1.82) is 0 Å². The Labute approximate surface area is 158 Å². The van der Waals surface area contributed by atoms with Gasteiger partial charge in [0, 0.05) is 22.7 Å². The monoisotopic (exact) mass is 371 g/mol. The van der Waals surface area contributed by atoms with E-state index < -0.39 is 0 Å². The number of likely N-dealkylation sites (tertiary alicyclic amines) is 1. The first-order valence-corrected chi connectivity index (χ1v) is 9.11. The van der Waals surface area contributed by atoms with Gasteiger partial charge in [0.05, 0.1) is 19.6 Å². The third kappa shape index (κ3) is 3.75. The molecule has 0 aromatic heterocycles. The van der Waals surface area contributed by atoms with Crippen LogP contribution in [0.1, 0.15) is 47.3 Å². The molecule has 26 heavy (non-hydrogen) atoms. The van der Waals surface area contributed by atoms with E-state index in [9.17, 15) is 9.59 Å². The van der Waals surface area contributed by atoms with E-state index in [-0.39, 0.29) is 24.2 Å².